The van der Waals surface area contributed by atoms with Crippen molar-refractivity contribution in [3.63, 3.8) is 0 Å². The summed E-state index contributed by atoms with van der Waals surface area (Å²) in [5.74, 6) is 3.51. The average Bonchev–Trinajstić information content (AvgIpc) is 2.53. The maximum atomic E-state index is 12.6. The SMILES string of the molecule is COc1cc(OC)c(C(=O)N2CCSCC2)cc1OC. The Labute approximate surface area is 123 Å². The van der Waals surface area contributed by atoms with Gasteiger partial charge in [-0.15, -0.1) is 0 Å². The van der Waals surface area contributed by atoms with E-state index < -0.39 is 0 Å². The third-order valence-electron chi connectivity index (χ3n) is 3.23. The van der Waals surface area contributed by atoms with Crippen LogP contribution in [0.2, 0.25) is 0 Å². The number of hydrogen-bond acceptors (Lipinski definition) is 5. The lowest BCUT2D eigenvalue weighted by atomic mass is 10.1. The summed E-state index contributed by atoms with van der Waals surface area (Å²) in [6.07, 6.45) is 0. The monoisotopic (exact) mass is 297 g/mol. The molecule has 1 aliphatic heterocycles. The van der Waals surface area contributed by atoms with Crippen LogP contribution in [0.15, 0.2) is 12.1 Å². The Balaban J connectivity index is 2.35. The molecule has 1 fully saturated rings. The van der Waals surface area contributed by atoms with E-state index in [0.717, 1.165) is 24.6 Å². The van der Waals surface area contributed by atoms with E-state index in [2.05, 4.69) is 0 Å². The average molecular weight is 297 g/mol. The Kier molecular flexibility index (Phi) is 5.00. The second-order valence-corrected chi connectivity index (χ2v) is 5.54. The van der Waals surface area contributed by atoms with Crippen LogP contribution in [0.1, 0.15) is 10.4 Å². The molecule has 0 spiro atoms. The summed E-state index contributed by atoms with van der Waals surface area (Å²) in [6, 6.07) is 3.37. The van der Waals surface area contributed by atoms with Crippen LogP contribution in [0, 0.1) is 0 Å². The van der Waals surface area contributed by atoms with Crippen LogP contribution in [0.4, 0.5) is 0 Å². The molecule has 5 nitrogen and oxygen atoms in total. The molecule has 1 amide bonds. The molecule has 0 N–H and O–H groups in total. The lowest BCUT2D eigenvalue weighted by Crippen LogP contribution is -2.38. The smallest absolute Gasteiger partial charge is 0.257 e. The molecule has 1 heterocycles. The Hall–Kier alpha value is -1.56. The molecule has 2 rings (SSSR count). The molecule has 0 atom stereocenters. The molecule has 110 valence electrons. The molecular formula is C14H19NO4S. The summed E-state index contributed by atoms with van der Waals surface area (Å²) < 4.78 is 15.8. The highest BCUT2D eigenvalue weighted by molar-refractivity contribution is 7.99. The minimum Gasteiger partial charge on any atom is -0.496 e. The first kappa shape index (κ1) is 14.8. The minimum absolute atomic E-state index is 0.0249. The third-order valence-corrected chi connectivity index (χ3v) is 4.18. The first-order chi connectivity index (χ1) is 9.71. The zero-order valence-corrected chi connectivity index (χ0v) is 12.8. The van der Waals surface area contributed by atoms with E-state index in [9.17, 15) is 4.79 Å². The number of nitrogens with zero attached hydrogens (tertiary/aromatic N) is 1. The van der Waals surface area contributed by atoms with Gasteiger partial charge in [-0.1, -0.05) is 0 Å². The molecule has 0 aliphatic carbocycles. The number of rotatable bonds is 4. The van der Waals surface area contributed by atoms with Crippen LogP contribution in [0.5, 0.6) is 17.2 Å². The van der Waals surface area contributed by atoms with Gasteiger partial charge in [0.2, 0.25) is 0 Å². The van der Waals surface area contributed by atoms with Crippen molar-refractivity contribution < 1.29 is 19.0 Å². The van der Waals surface area contributed by atoms with Gasteiger partial charge in [0, 0.05) is 36.7 Å². The summed E-state index contributed by atoms with van der Waals surface area (Å²) in [6.45, 7) is 1.53. The van der Waals surface area contributed by atoms with Crippen molar-refractivity contribution in [1.29, 1.82) is 0 Å². The van der Waals surface area contributed by atoms with Crippen LogP contribution < -0.4 is 14.2 Å². The van der Waals surface area contributed by atoms with Crippen LogP contribution in [-0.2, 0) is 0 Å². The van der Waals surface area contributed by atoms with E-state index in [1.807, 2.05) is 16.7 Å². The maximum Gasteiger partial charge on any atom is 0.257 e. The molecule has 0 aromatic heterocycles. The van der Waals surface area contributed by atoms with Gasteiger partial charge < -0.3 is 19.1 Å². The highest BCUT2D eigenvalue weighted by atomic mass is 32.2. The van der Waals surface area contributed by atoms with Gasteiger partial charge >= 0.3 is 0 Å². The topological polar surface area (TPSA) is 48.0 Å². The third kappa shape index (κ3) is 2.95. The maximum absolute atomic E-state index is 12.6. The zero-order chi connectivity index (χ0) is 14.5. The number of hydrogen-bond donors (Lipinski definition) is 0. The predicted molar refractivity (Wildman–Crippen MR) is 79.3 cm³/mol. The molecule has 0 radical (unpaired) electrons. The molecule has 1 saturated heterocycles. The largest absolute Gasteiger partial charge is 0.496 e. The van der Waals surface area contributed by atoms with Crippen molar-refractivity contribution in [2.75, 3.05) is 45.9 Å². The fourth-order valence-electron chi connectivity index (χ4n) is 2.13. The predicted octanol–water partition coefficient (Wildman–Crippen LogP) is 1.90. The molecule has 0 unspecified atom stereocenters. The van der Waals surface area contributed by atoms with E-state index in [4.69, 9.17) is 14.2 Å². The Morgan fingerprint density at radius 3 is 2.10 bits per heavy atom. The van der Waals surface area contributed by atoms with E-state index in [1.165, 1.54) is 0 Å². The van der Waals surface area contributed by atoms with E-state index >= 15 is 0 Å². The quantitative estimate of drug-likeness (QED) is 0.849. The van der Waals surface area contributed by atoms with Crippen LogP contribution >= 0.6 is 11.8 Å². The van der Waals surface area contributed by atoms with E-state index in [1.54, 1.807) is 33.5 Å². The molecule has 20 heavy (non-hydrogen) atoms. The number of benzene rings is 1. The molecule has 1 aromatic carbocycles. The van der Waals surface area contributed by atoms with Crippen LogP contribution in [-0.4, -0.2) is 56.7 Å². The number of ether oxygens (including phenoxy) is 3. The van der Waals surface area contributed by atoms with Crippen molar-refractivity contribution in [2.24, 2.45) is 0 Å². The Bertz CT molecular complexity index is 486. The van der Waals surface area contributed by atoms with Gasteiger partial charge in [-0.2, -0.15) is 11.8 Å². The first-order valence-electron chi connectivity index (χ1n) is 6.38. The summed E-state index contributed by atoms with van der Waals surface area (Å²) in [5.41, 5.74) is 0.511. The second-order valence-electron chi connectivity index (χ2n) is 4.31. The summed E-state index contributed by atoms with van der Waals surface area (Å²) in [7, 11) is 4.65. The molecule has 1 aliphatic rings. The normalized spacial score (nSPS) is 14.8. The molecule has 6 heteroatoms. The minimum atomic E-state index is -0.0249. The summed E-state index contributed by atoms with van der Waals surface area (Å²) in [5, 5.41) is 0. The van der Waals surface area contributed by atoms with Crippen LogP contribution in [0.25, 0.3) is 0 Å². The van der Waals surface area contributed by atoms with Gasteiger partial charge in [-0.3, -0.25) is 4.79 Å². The molecule has 1 aromatic rings. The Morgan fingerprint density at radius 1 is 1.00 bits per heavy atom. The van der Waals surface area contributed by atoms with Crippen molar-refractivity contribution in [1.82, 2.24) is 4.90 Å². The number of methoxy groups -OCH3 is 3. The number of carbonyl (C=O) groups excluding carboxylic acids is 1. The van der Waals surface area contributed by atoms with Gasteiger partial charge in [-0.05, 0) is 0 Å². The number of amides is 1. The van der Waals surface area contributed by atoms with Crippen LogP contribution in [0.3, 0.4) is 0 Å². The lowest BCUT2D eigenvalue weighted by molar-refractivity contribution is 0.0768. The number of carbonyl (C=O) groups is 1. The van der Waals surface area contributed by atoms with Crippen molar-refractivity contribution >= 4 is 17.7 Å². The summed E-state index contributed by atoms with van der Waals surface area (Å²) >= 11 is 1.87. The van der Waals surface area contributed by atoms with Crippen molar-refractivity contribution in [2.45, 2.75) is 0 Å². The lowest BCUT2D eigenvalue weighted by Gasteiger charge is -2.27. The van der Waals surface area contributed by atoms with Gasteiger partial charge in [0.1, 0.15) is 5.75 Å². The van der Waals surface area contributed by atoms with E-state index in [-0.39, 0.29) is 5.91 Å². The van der Waals surface area contributed by atoms with Crippen molar-refractivity contribution in [3.8, 4) is 17.2 Å². The fourth-order valence-corrected chi connectivity index (χ4v) is 3.04. The van der Waals surface area contributed by atoms with E-state index in [0.29, 0.717) is 22.8 Å². The number of thioether (sulfide) groups is 1. The van der Waals surface area contributed by atoms with Crippen molar-refractivity contribution in [3.05, 3.63) is 17.7 Å². The first-order valence-corrected chi connectivity index (χ1v) is 7.53. The molecular weight excluding hydrogens is 278 g/mol. The van der Waals surface area contributed by atoms with Gasteiger partial charge in [0.15, 0.2) is 11.5 Å². The fraction of sp³-hybridized carbons (Fsp3) is 0.500. The standard InChI is InChI=1S/C14H19NO4S/c1-17-11-9-13(19-3)12(18-2)8-10(11)14(16)15-4-6-20-7-5-15/h8-9H,4-7H2,1-3H3. The highest BCUT2D eigenvalue weighted by Crippen LogP contribution is 2.35. The molecule has 0 saturated carbocycles. The Morgan fingerprint density at radius 2 is 1.55 bits per heavy atom. The van der Waals surface area contributed by atoms with Gasteiger partial charge in [-0.25, -0.2) is 0 Å². The highest BCUT2D eigenvalue weighted by Gasteiger charge is 2.23. The second kappa shape index (κ2) is 6.74. The molecule has 0 bridgehead atoms. The van der Waals surface area contributed by atoms with Gasteiger partial charge in [0.05, 0.1) is 26.9 Å². The summed E-state index contributed by atoms with van der Waals surface area (Å²) in [4.78, 5) is 14.4. The van der Waals surface area contributed by atoms with Gasteiger partial charge in [0.25, 0.3) is 5.91 Å². The zero-order valence-electron chi connectivity index (χ0n) is 12.0.